The topological polar surface area (TPSA) is 58.6 Å². The number of ether oxygens (including phenoxy) is 1. The number of rotatable bonds is 4. The summed E-state index contributed by atoms with van der Waals surface area (Å²) in [5, 5.41) is 2.92. The van der Waals surface area contributed by atoms with Crippen LogP contribution in [0.4, 0.5) is 13.2 Å². The van der Waals surface area contributed by atoms with Crippen LogP contribution in [0.15, 0.2) is 59.1 Å². The van der Waals surface area contributed by atoms with Crippen molar-refractivity contribution in [3.05, 3.63) is 70.2 Å². The Balaban J connectivity index is 1.63. The molecule has 0 aliphatic carbocycles. The molecule has 2 fully saturated rings. The van der Waals surface area contributed by atoms with E-state index in [0.717, 1.165) is 12.7 Å². The SMILES string of the molecule is COC(C(=O)N1CCC2(CC1)CC(=O)NC[C@H]2c1ccccc1)(c1cccc(Br)c1)C(F)(F)F. The summed E-state index contributed by atoms with van der Waals surface area (Å²) in [7, 11) is 0.911. The van der Waals surface area contributed by atoms with Gasteiger partial charge in [0, 0.05) is 49.1 Å². The maximum Gasteiger partial charge on any atom is 0.430 e. The molecule has 2 amide bonds. The lowest BCUT2D eigenvalue weighted by Gasteiger charge is -2.50. The molecule has 182 valence electrons. The molecular weight excluding hydrogens is 513 g/mol. The zero-order chi connectivity index (χ0) is 24.6. The lowest BCUT2D eigenvalue weighted by Crippen LogP contribution is -2.60. The Morgan fingerprint density at radius 2 is 1.79 bits per heavy atom. The molecule has 0 bridgehead atoms. The van der Waals surface area contributed by atoms with Gasteiger partial charge in [0.1, 0.15) is 0 Å². The number of carbonyl (C=O) groups is 2. The molecule has 2 aliphatic rings. The van der Waals surface area contributed by atoms with Crippen LogP contribution in [0, 0.1) is 5.41 Å². The van der Waals surface area contributed by atoms with Crippen LogP contribution < -0.4 is 5.32 Å². The number of likely N-dealkylation sites (tertiary alicyclic amines) is 1. The summed E-state index contributed by atoms with van der Waals surface area (Å²) < 4.78 is 48.7. The first-order valence-corrected chi connectivity index (χ1v) is 11.9. The normalized spacial score (nSPS) is 22.2. The van der Waals surface area contributed by atoms with E-state index in [2.05, 4.69) is 21.2 Å². The zero-order valence-corrected chi connectivity index (χ0v) is 20.3. The number of alkyl halides is 3. The fourth-order valence-electron chi connectivity index (χ4n) is 5.43. The molecule has 2 aromatic carbocycles. The highest BCUT2D eigenvalue weighted by Gasteiger charge is 2.64. The van der Waals surface area contributed by atoms with Gasteiger partial charge >= 0.3 is 6.18 Å². The minimum absolute atomic E-state index is 0.0310. The van der Waals surface area contributed by atoms with E-state index in [0.29, 0.717) is 23.9 Å². The fourth-order valence-corrected chi connectivity index (χ4v) is 5.83. The van der Waals surface area contributed by atoms with Crippen molar-refractivity contribution in [2.75, 3.05) is 26.7 Å². The molecule has 0 saturated carbocycles. The van der Waals surface area contributed by atoms with E-state index >= 15 is 0 Å². The number of carbonyl (C=O) groups excluding carboxylic acids is 2. The molecule has 1 spiro atoms. The standard InChI is InChI=1S/C25H26BrF3N2O3/c1-34-24(25(27,28)29,18-8-5-9-19(26)14-18)22(33)31-12-10-23(11-13-31)15-21(32)30-16-20(23)17-6-3-2-4-7-17/h2-9,14,20H,10-13,15-16H2,1H3,(H,30,32)/t20-,24?/m0/s1. The third kappa shape index (κ3) is 4.24. The van der Waals surface area contributed by atoms with E-state index in [1.165, 1.54) is 23.1 Å². The van der Waals surface area contributed by atoms with E-state index in [4.69, 9.17) is 4.74 Å². The van der Waals surface area contributed by atoms with Crippen LogP contribution in [-0.4, -0.2) is 49.6 Å². The van der Waals surface area contributed by atoms with E-state index in [1.54, 1.807) is 6.07 Å². The molecule has 2 aliphatic heterocycles. The molecule has 34 heavy (non-hydrogen) atoms. The highest BCUT2D eigenvalue weighted by Crippen LogP contribution is 2.50. The summed E-state index contributed by atoms with van der Waals surface area (Å²) in [5.74, 6) is -1.17. The Kier molecular flexibility index (Phi) is 6.79. The number of benzene rings is 2. The first-order valence-electron chi connectivity index (χ1n) is 11.1. The summed E-state index contributed by atoms with van der Waals surface area (Å²) in [4.78, 5) is 27.0. The van der Waals surface area contributed by atoms with E-state index in [-0.39, 0.29) is 36.9 Å². The van der Waals surface area contributed by atoms with Gasteiger partial charge in [0.2, 0.25) is 5.91 Å². The molecule has 0 aromatic heterocycles. The van der Waals surface area contributed by atoms with Crippen molar-refractivity contribution in [1.82, 2.24) is 10.2 Å². The number of piperidine rings is 2. The van der Waals surface area contributed by atoms with Gasteiger partial charge in [0.15, 0.2) is 0 Å². The average molecular weight is 539 g/mol. The highest BCUT2D eigenvalue weighted by molar-refractivity contribution is 9.10. The van der Waals surface area contributed by atoms with Gasteiger partial charge in [-0.15, -0.1) is 0 Å². The van der Waals surface area contributed by atoms with Gasteiger partial charge < -0.3 is 15.0 Å². The Bertz CT molecular complexity index is 1050. The van der Waals surface area contributed by atoms with Gasteiger partial charge in [0.05, 0.1) is 0 Å². The number of methoxy groups -OCH3 is 1. The van der Waals surface area contributed by atoms with Crippen molar-refractivity contribution >= 4 is 27.7 Å². The monoisotopic (exact) mass is 538 g/mol. The maximum atomic E-state index is 14.4. The number of hydrogen-bond donors (Lipinski definition) is 1. The Morgan fingerprint density at radius 1 is 1.12 bits per heavy atom. The average Bonchev–Trinajstić information content (AvgIpc) is 2.80. The van der Waals surface area contributed by atoms with Crippen LogP contribution in [0.25, 0.3) is 0 Å². The summed E-state index contributed by atoms with van der Waals surface area (Å²) >= 11 is 3.19. The third-order valence-corrected chi connectivity index (χ3v) is 7.73. The third-order valence-electron chi connectivity index (χ3n) is 7.24. The van der Waals surface area contributed by atoms with Crippen molar-refractivity contribution < 1.29 is 27.5 Å². The summed E-state index contributed by atoms with van der Waals surface area (Å²) in [6.45, 7) is 0.703. The second-order valence-corrected chi connectivity index (χ2v) is 9.91. The molecule has 4 rings (SSSR count). The number of nitrogens with one attached hydrogen (secondary N) is 1. The molecule has 0 radical (unpaired) electrons. The molecule has 2 heterocycles. The minimum Gasteiger partial charge on any atom is -0.356 e. The lowest BCUT2D eigenvalue weighted by molar-refractivity contribution is -0.271. The second kappa shape index (κ2) is 9.34. The first kappa shape index (κ1) is 24.7. The number of hydrogen-bond acceptors (Lipinski definition) is 3. The molecule has 5 nitrogen and oxygen atoms in total. The molecule has 9 heteroatoms. The lowest BCUT2D eigenvalue weighted by atomic mass is 9.62. The molecule has 1 unspecified atom stereocenters. The predicted molar refractivity (Wildman–Crippen MR) is 124 cm³/mol. The van der Waals surface area contributed by atoms with Crippen LogP contribution in [0.5, 0.6) is 0 Å². The fraction of sp³-hybridized carbons (Fsp3) is 0.440. The van der Waals surface area contributed by atoms with Gasteiger partial charge in [-0.2, -0.15) is 13.2 Å². The van der Waals surface area contributed by atoms with Crippen molar-refractivity contribution in [2.24, 2.45) is 5.41 Å². The smallest absolute Gasteiger partial charge is 0.356 e. The molecular formula is C25H26BrF3N2O3. The maximum absolute atomic E-state index is 14.4. The van der Waals surface area contributed by atoms with Gasteiger partial charge in [0.25, 0.3) is 11.5 Å². The minimum atomic E-state index is -4.97. The van der Waals surface area contributed by atoms with E-state index < -0.39 is 23.1 Å². The van der Waals surface area contributed by atoms with Crippen molar-refractivity contribution in [1.29, 1.82) is 0 Å². The van der Waals surface area contributed by atoms with Crippen molar-refractivity contribution in [3.8, 4) is 0 Å². The van der Waals surface area contributed by atoms with Crippen LogP contribution in [-0.2, 0) is 19.9 Å². The summed E-state index contributed by atoms with van der Waals surface area (Å²) in [6, 6.07) is 15.4. The molecule has 2 saturated heterocycles. The van der Waals surface area contributed by atoms with E-state index in [9.17, 15) is 22.8 Å². The predicted octanol–water partition coefficient (Wildman–Crippen LogP) is 4.77. The number of nitrogens with zero attached hydrogens (tertiary/aromatic N) is 1. The van der Waals surface area contributed by atoms with Crippen molar-refractivity contribution in [3.63, 3.8) is 0 Å². The van der Waals surface area contributed by atoms with Crippen LogP contribution in [0.1, 0.15) is 36.3 Å². The Labute approximate surface area is 204 Å². The molecule has 2 atom stereocenters. The number of halogens is 4. The quantitative estimate of drug-likeness (QED) is 0.610. The van der Waals surface area contributed by atoms with Gasteiger partial charge in [-0.25, -0.2) is 0 Å². The van der Waals surface area contributed by atoms with Gasteiger partial charge in [-0.3, -0.25) is 9.59 Å². The van der Waals surface area contributed by atoms with Crippen molar-refractivity contribution in [2.45, 2.75) is 37.0 Å². The van der Waals surface area contributed by atoms with Crippen LogP contribution in [0.2, 0.25) is 0 Å². The largest absolute Gasteiger partial charge is 0.430 e. The van der Waals surface area contributed by atoms with Crippen LogP contribution >= 0.6 is 15.9 Å². The molecule has 2 aromatic rings. The highest BCUT2D eigenvalue weighted by atomic mass is 79.9. The Hall–Kier alpha value is -2.39. The summed E-state index contributed by atoms with van der Waals surface area (Å²) in [6.07, 6.45) is -3.81. The Morgan fingerprint density at radius 3 is 2.38 bits per heavy atom. The van der Waals surface area contributed by atoms with E-state index in [1.807, 2.05) is 30.3 Å². The number of amides is 2. The zero-order valence-electron chi connectivity index (χ0n) is 18.7. The van der Waals surface area contributed by atoms with Gasteiger partial charge in [-0.1, -0.05) is 58.4 Å². The van der Waals surface area contributed by atoms with Gasteiger partial charge in [-0.05, 0) is 36.0 Å². The second-order valence-electron chi connectivity index (χ2n) is 8.99. The van der Waals surface area contributed by atoms with Crippen LogP contribution in [0.3, 0.4) is 0 Å². The first-order chi connectivity index (χ1) is 16.1. The molecule has 1 N–H and O–H groups in total. The summed E-state index contributed by atoms with van der Waals surface area (Å²) in [5.41, 5.74) is -2.71.